The van der Waals surface area contributed by atoms with Gasteiger partial charge in [-0.2, -0.15) is 10.2 Å². The van der Waals surface area contributed by atoms with Gasteiger partial charge in [0.2, 0.25) is 11.9 Å². The highest BCUT2D eigenvalue weighted by molar-refractivity contribution is 5.79. The molecule has 9 heteroatoms. The zero-order valence-corrected chi connectivity index (χ0v) is 16.0. The van der Waals surface area contributed by atoms with Gasteiger partial charge >= 0.3 is 0 Å². The third kappa shape index (κ3) is 2.98. The first-order valence-electron chi connectivity index (χ1n) is 9.72. The normalized spacial score (nSPS) is 15.0. The molecule has 5 rings (SSSR count). The molecule has 1 aromatic carbocycles. The van der Waals surface area contributed by atoms with Crippen molar-refractivity contribution in [2.75, 3.05) is 25.1 Å². The second-order valence-corrected chi connectivity index (χ2v) is 6.99. The van der Waals surface area contributed by atoms with Crippen molar-refractivity contribution in [3.8, 4) is 12.0 Å². The van der Waals surface area contributed by atoms with Crippen molar-refractivity contribution in [1.82, 2.24) is 29.1 Å². The molecule has 0 unspecified atom stereocenters. The smallest absolute Gasteiger partial charge is 0.237 e. The van der Waals surface area contributed by atoms with Gasteiger partial charge in [0.15, 0.2) is 5.65 Å². The van der Waals surface area contributed by atoms with Crippen LogP contribution in [0.25, 0.3) is 28.1 Å². The van der Waals surface area contributed by atoms with E-state index >= 15 is 0 Å². The lowest BCUT2D eigenvalue weighted by Gasteiger charge is -2.25. The van der Waals surface area contributed by atoms with Gasteiger partial charge in [-0.15, -0.1) is 0 Å². The van der Waals surface area contributed by atoms with Crippen molar-refractivity contribution in [1.29, 1.82) is 5.26 Å². The van der Waals surface area contributed by atoms with E-state index in [1.54, 1.807) is 24.7 Å². The zero-order chi connectivity index (χ0) is 19.8. The van der Waals surface area contributed by atoms with Gasteiger partial charge in [-0.05, 0) is 38.0 Å². The number of imidazole rings is 2. The van der Waals surface area contributed by atoms with Crippen molar-refractivity contribution in [2.45, 2.75) is 25.8 Å². The van der Waals surface area contributed by atoms with E-state index in [1.165, 1.54) is 0 Å². The van der Waals surface area contributed by atoms with Gasteiger partial charge in [0.25, 0.3) is 0 Å². The molecule has 1 fully saturated rings. The second-order valence-electron chi connectivity index (χ2n) is 6.99. The van der Waals surface area contributed by atoms with Crippen LogP contribution in [0.15, 0.2) is 30.7 Å². The van der Waals surface area contributed by atoms with Crippen LogP contribution in [0.4, 0.5) is 5.95 Å². The minimum absolute atomic E-state index is 0.273. The van der Waals surface area contributed by atoms with Crippen molar-refractivity contribution < 1.29 is 4.74 Å². The molecule has 4 aromatic rings. The molecule has 146 valence electrons. The highest BCUT2D eigenvalue weighted by Gasteiger charge is 2.23. The zero-order valence-electron chi connectivity index (χ0n) is 16.0. The summed E-state index contributed by atoms with van der Waals surface area (Å²) in [7, 11) is 0. The predicted molar refractivity (Wildman–Crippen MR) is 108 cm³/mol. The summed E-state index contributed by atoms with van der Waals surface area (Å²) < 4.78 is 9.52. The summed E-state index contributed by atoms with van der Waals surface area (Å²) in [5.74, 6) is 1.31. The molecule has 1 aliphatic heterocycles. The van der Waals surface area contributed by atoms with Gasteiger partial charge in [0, 0.05) is 25.8 Å². The average molecular weight is 388 g/mol. The molecule has 4 heterocycles. The Morgan fingerprint density at radius 2 is 2.07 bits per heavy atom. The fourth-order valence-corrected chi connectivity index (χ4v) is 3.81. The number of aromatic nitrogens is 6. The molecule has 0 spiro atoms. The van der Waals surface area contributed by atoms with Gasteiger partial charge in [-0.25, -0.2) is 15.0 Å². The van der Waals surface area contributed by atoms with E-state index in [4.69, 9.17) is 14.7 Å². The van der Waals surface area contributed by atoms with E-state index in [0.717, 1.165) is 60.7 Å². The minimum atomic E-state index is 0.273. The first-order chi connectivity index (χ1) is 14.3. The SMILES string of the molecule is CCNc1nc2cnc(-n3cnc4ccc(C#N)cc43)nc2n1C1CCOCC1. The maximum atomic E-state index is 9.23. The number of anilines is 1. The van der Waals surface area contributed by atoms with E-state index in [-0.39, 0.29) is 6.04 Å². The first kappa shape index (κ1) is 17.6. The number of rotatable bonds is 4. The van der Waals surface area contributed by atoms with Gasteiger partial charge in [-0.1, -0.05) is 0 Å². The van der Waals surface area contributed by atoms with Crippen LogP contribution in [-0.2, 0) is 4.74 Å². The summed E-state index contributed by atoms with van der Waals surface area (Å²) in [6, 6.07) is 7.83. The standard InChI is InChI=1S/C20H20N8O/c1-2-22-20-25-16-11-23-19(26-18(16)28(20)14-5-7-29-8-6-14)27-12-24-15-4-3-13(10-21)9-17(15)27/h3-4,9,11-12,14H,2,5-8H2,1H3,(H,22,25). The van der Waals surface area contributed by atoms with Crippen LogP contribution in [0, 0.1) is 11.3 Å². The van der Waals surface area contributed by atoms with Crippen LogP contribution in [0.1, 0.15) is 31.4 Å². The minimum Gasteiger partial charge on any atom is -0.381 e. The largest absolute Gasteiger partial charge is 0.381 e. The topological polar surface area (TPSA) is 106 Å². The van der Waals surface area contributed by atoms with Crippen LogP contribution in [0.5, 0.6) is 0 Å². The summed E-state index contributed by atoms with van der Waals surface area (Å²) in [6.45, 7) is 4.29. The van der Waals surface area contributed by atoms with E-state index in [2.05, 4.69) is 32.8 Å². The van der Waals surface area contributed by atoms with Crippen LogP contribution in [0.3, 0.4) is 0 Å². The van der Waals surface area contributed by atoms with E-state index in [0.29, 0.717) is 11.5 Å². The number of nitriles is 1. The summed E-state index contributed by atoms with van der Waals surface area (Å²) >= 11 is 0. The summed E-state index contributed by atoms with van der Waals surface area (Å²) in [4.78, 5) is 18.5. The Labute approximate surface area is 167 Å². The third-order valence-electron chi connectivity index (χ3n) is 5.20. The van der Waals surface area contributed by atoms with E-state index < -0.39 is 0 Å². The predicted octanol–water partition coefficient (Wildman–Crippen LogP) is 2.82. The lowest BCUT2D eigenvalue weighted by Crippen LogP contribution is -2.21. The van der Waals surface area contributed by atoms with Crippen molar-refractivity contribution in [2.24, 2.45) is 0 Å². The molecule has 1 saturated heterocycles. The van der Waals surface area contributed by atoms with Crippen LogP contribution < -0.4 is 5.32 Å². The molecule has 9 nitrogen and oxygen atoms in total. The molecular formula is C20H20N8O. The Kier molecular flexibility index (Phi) is 4.33. The number of hydrogen-bond acceptors (Lipinski definition) is 7. The molecular weight excluding hydrogens is 368 g/mol. The number of ether oxygens (including phenoxy) is 1. The molecule has 0 saturated carbocycles. The Balaban J connectivity index is 1.68. The molecule has 0 bridgehead atoms. The number of hydrogen-bond donors (Lipinski definition) is 1. The fraction of sp³-hybridized carbons (Fsp3) is 0.350. The number of nitrogens with zero attached hydrogens (tertiary/aromatic N) is 7. The van der Waals surface area contributed by atoms with Gasteiger partial charge in [0.05, 0.1) is 28.9 Å². The van der Waals surface area contributed by atoms with Gasteiger partial charge in [-0.3, -0.25) is 9.13 Å². The maximum absolute atomic E-state index is 9.23. The van der Waals surface area contributed by atoms with Gasteiger partial charge in [0.1, 0.15) is 11.8 Å². The monoisotopic (exact) mass is 388 g/mol. The second kappa shape index (κ2) is 7.14. The Morgan fingerprint density at radius 1 is 1.21 bits per heavy atom. The van der Waals surface area contributed by atoms with Crippen molar-refractivity contribution in [3.05, 3.63) is 36.3 Å². The number of fused-ring (bicyclic) bond motifs is 2. The summed E-state index contributed by atoms with van der Waals surface area (Å²) in [6.07, 6.45) is 5.27. The van der Waals surface area contributed by atoms with Crippen LogP contribution >= 0.6 is 0 Å². The Morgan fingerprint density at radius 3 is 2.86 bits per heavy atom. The summed E-state index contributed by atoms with van der Waals surface area (Å²) in [5.41, 5.74) is 3.70. The lowest BCUT2D eigenvalue weighted by atomic mass is 10.1. The molecule has 0 radical (unpaired) electrons. The van der Waals surface area contributed by atoms with Crippen LogP contribution in [0.2, 0.25) is 0 Å². The van der Waals surface area contributed by atoms with E-state index in [9.17, 15) is 5.26 Å². The first-order valence-corrected chi connectivity index (χ1v) is 9.72. The maximum Gasteiger partial charge on any atom is 0.237 e. The van der Waals surface area contributed by atoms with Crippen LogP contribution in [-0.4, -0.2) is 48.8 Å². The lowest BCUT2D eigenvalue weighted by molar-refractivity contribution is 0.0709. The molecule has 0 atom stereocenters. The third-order valence-corrected chi connectivity index (χ3v) is 5.20. The number of benzene rings is 1. The fourth-order valence-electron chi connectivity index (χ4n) is 3.81. The Bertz CT molecular complexity index is 1230. The quantitative estimate of drug-likeness (QED) is 0.573. The molecule has 0 aliphatic carbocycles. The van der Waals surface area contributed by atoms with Crippen molar-refractivity contribution in [3.63, 3.8) is 0 Å². The molecule has 0 amide bonds. The van der Waals surface area contributed by atoms with Gasteiger partial charge < -0.3 is 10.1 Å². The molecule has 29 heavy (non-hydrogen) atoms. The van der Waals surface area contributed by atoms with E-state index in [1.807, 2.05) is 10.6 Å². The van der Waals surface area contributed by atoms with Crippen molar-refractivity contribution >= 4 is 28.1 Å². The Hall–Kier alpha value is -3.51. The molecule has 1 aliphatic rings. The molecule has 3 aromatic heterocycles. The number of nitrogens with one attached hydrogen (secondary N) is 1. The average Bonchev–Trinajstić information content (AvgIpc) is 3.34. The summed E-state index contributed by atoms with van der Waals surface area (Å²) in [5, 5.41) is 12.6. The molecule has 1 N–H and O–H groups in total. The highest BCUT2D eigenvalue weighted by Crippen LogP contribution is 2.30. The highest BCUT2D eigenvalue weighted by atomic mass is 16.5.